The summed E-state index contributed by atoms with van der Waals surface area (Å²) in [7, 11) is 0. The van der Waals surface area contributed by atoms with Crippen LogP contribution in [0.3, 0.4) is 0 Å². The Balaban J connectivity index is 1.09. The fourth-order valence-corrected chi connectivity index (χ4v) is 9.03. The lowest BCUT2D eigenvalue weighted by molar-refractivity contribution is 1.10. The van der Waals surface area contributed by atoms with E-state index in [-0.39, 0.29) is 0 Å². The van der Waals surface area contributed by atoms with Crippen LogP contribution in [0.15, 0.2) is 212 Å². The molecule has 0 spiro atoms. The summed E-state index contributed by atoms with van der Waals surface area (Å²) in [5.41, 5.74) is 22.0. The fourth-order valence-electron chi connectivity index (χ4n) is 9.03. The van der Waals surface area contributed by atoms with E-state index in [1.807, 2.05) is 12.1 Å². The molecule has 0 aliphatic heterocycles. The van der Waals surface area contributed by atoms with Gasteiger partial charge < -0.3 is 9.80 Å². The van der Waals surface area contributed by atoms with Gasteiger partial charge in [-0.15, -0.1) is 0 Å². The van der Waals surface area contributed by atoms with E-state index in [9.17, 15) is 0 Å². The quantitative estimate of drug-likeness (QED) is 0.0893. The summed E-state index contributed by atoms with van der Waals surface area (Å²) in [4.78, 5) is 4.93. The lowest BCUT2D eigenvalue weighted by Crippen LogP contribution is -2.15. The van der Waals surface area contributed by atoms with Gasteiger partial charge in [0.25, 0.3) is 0 Å². The Hall–Kier alpha value is -7.68. The van der Waals surface area contributed by atoms with Crippen LogP contribution in [0.25, 0.3) is 29.4 Å². The summed E-state index contributed by atoms with van der Waals surface area (Å²) in [6, 6.07) is 66.2. The maximum atomic E-state index is 2.47. The normalized spacial score (nSPS) is 11.7. The molecule has 8 rings (SSSR count). The van der Waals surface area contributed by atoms with Gasteiger partial charge in [0.1, 0.15) is 0 Å². The Morgan fingerprint density at radius 3 is 1.22 bits per heavy atom. The number of rotatable bonds is 16. The summed E-state index contributed by atoms with van der Waals surface area (Å²) in [6.07, 6.45) is 19.9. The number of aryl methyl sites for hydroxylation is 6. The third-order valence-corrected chi connectivity index (χ3v) is 12.6. The second kappa shape index (κ2) is 22.0. The van der Waals surface area contributed by atoms with E-state index in [0.717, 1.165) is 36.2 Å². The monoisotopic (exact) mass is 870 g/mol. The zero-order chi connectivity index (χ0) is 46.5. The van der Waals surface area contributed by atoms with Crippen LogP contribution in [0.1, 0.15) is 69.5 Å². The minimum absolute atomic E-state index is 0.871. The van der Waals surface area contributed by atoms with Crippen LogP contribution in [0.2, 0.25) is 0 Å². The molecule has 2 heteroatoms. The van der Waals surface area contributed by atoms with Crippen molar-refractivity contribution in [1.82, 2.24) is 0 Å². The minimum Gasteiger partial charge on any atom is -0.310 e. The van der Waals surface area contributed by atoms with E-state index in [1.54, 1.807) is 0 Å². The molecule has 0 aliphatic carbocycles. The Labute approximate surface area is 400 Å². The molecule has 332 valence electrons. The molecule has 0 unspecified atom stereocenters. The molecule has 0 heterocycles. The van der Waals surface area contributed by atoms with E-state index in [2.05, 4.69) is 270 Å². The van der Waals surface area contributed by atoms with E-state index < -0.39 is 0 Å². The Morgan fingerprint density at radius 1 is 0.373 bits per heavy atom. The van der Waals surface area contributed by atoms with Crippen LogP contribution < -0.4 is 9.80 Å². The first-order valence-electron chi connectivity index (χ1n) is 23.8. The van der Waals surface area contributed by atoms with Gasteiger partial charge in [0.15, 0.2) is 0 Å². The van der Waals surface area contributed by atoms with E-state index in [0.29, 0.717) is 0 Å². The molecule has 0 aliphatic rings. The predicted molar refractivity (Wildman–Crippen MR) is 292 cm³/mol. The first kappa shape index (κ1) is 45.9. The van der Waals surface area contributed by atoms with Crippen molar-refractivity contribution in [1.29, 1.82) is 0 Å². The Kier molecular flexibility index (Phi) is 15.1. The first-order valence-corrected chi connectivity index (χ1v) is 23.8. The van der Waals surface area contributed by atoms with Gasteiger partial charge in [-0.2, -0.15) is 0 Å². The van der Waals surface area contributed by atoms with Crippen molar-refractivity contribution >= 4 is 52.4 Å². The molecule has 2 nitrogen and oxygen atoms in total. The van der Waals surface area contributed by atoms with Gasteiger partial charge in [-0.1, -0.05) is 196 Å². The van der Waals surface area contributed by atoms with Crippen molar-refractivity contribution in [3.63, 3.8) is 0 Å². The molecule has 0 atom stereocenters. The molecule has 0 saturated heterocycles. The Morgan fingerprint density at radius 2 is 0.791 bits per heavy atom. The summed E-state index contributed by atoms with van der Waals surface area (Å²) >= 11 is 0. The second-order valence-corrected chi connectivity index (χ2v) is 17.3. The molecule has 8 aromatic rings. The zero-order valence-corrected chi connectivity index (χ0v) is 40.0. The van der Waals surface area contributed by atoms with E-state index in [4.69, 9.17) is 0 Å². The second-order valence-electron chi connectivity index (χ2n) is 17.3. The highest BCUT2D eigenvalue weighted by Crippen LogP contribution is 2.44. The van der Waals surface area contributed by atoms with Crippen molar-refractivity contribution in [3.05, 3.63) is 268 Å². The number of hydrogen-bond donors (Lipinski definition) is 0. The number of allylic oxidation sites excluding steroid dienone is 5. The van der Waals surface area contributed by atoms with Crippen molar-refractivity contribution in [2.45, 2.75) is 60.8 Å². The third-order valence-electron chi connectivity index (χ3n) is 12.6. The molecule has 0 bridgehead atoms. The standard InChI is InChI=1S/C65H62N2/c1-7-56-32-20-22-48(3)64(56)66(60-40-34-54(35-41-60)29-17-11-16-26-52-24-12-9-13-25-52)62-44-38-58(46-50(62)5)59-39-45-63(51(6)47-59)67(65-49(4)23-21-33-57(65)8-2)61-42-36-55(37-43-61)31-19-18-30-53-27-14-10-15-28-53/h9-28,30-47H,7-8,29H2,1-6H3. The molecule has 0 saturated carbocycles. The van der Waals surface area contributed by atoms with Gasteiger partial charge in [0.05, 0.1) is 11.4 Å². The molecule has 0 fully saturated rings. The maximum Gasteiger partial charge on any atom is 0.0522 e. The molecule has 0 N–H and O–H groups in total. The van der Waals surface area contributed by atoms with E-state index >= 15 is 0 Å². The minimum atomic E-state index is 0.871. The summed E-state index contributed by atoms with van der Waals surface area (Å²) in [5, 5.41) is 0. The van der Waals surface area contributed by atoms with Crippen molar-refractivity contribution in [2.24, 2.45) is 0 Å². The molecule has 0 radical (unpaired) electrons. The Bertz CT molecular complexity index is 3020. The van der Waals surface area contributed by atoms with Gasteiger partial charge >= 0.3 is 0 Å². The van der Waals surface area contributed by atoms with Crippen molar-refractivity contribution in [2.75, 3.05) is 9.80 Å². The average molecular weight is 871 g/mol. The molecule has 8 aromatic carbocycles. The highest BCUT2D eigenvalue weighted by Gasteiger charge is 2.22. The summed E-state index contributed by atoms with van der Waals surface area (Å²) in [6.45, 7) is 13.5. The molecular weight excluding hydrogens is 809 g/mol. The highest BCUT2D eigenvalue weighted by atomic mass is 15.2. The smallest absolute Gasteiger partial charge is 0.0522 e. The topological polar surface area (TPSA) is 6.48 Å². The lowest BCUT2D eigenvalue weighted by Gasteiger charge is -2.31. The van der Waals surface area contributed by atoms with Crippen LogP contribution in [0.4, 0.5) is 34.1 Å². The van der Waals surface area contributed by atoms with Gasteiger partial charge in [-0.25, -0.2) is 0 Å². The van der Waals surface area contributed by atoms with Crippen LogP contribution in [-0.2, 0) is 19.3 Å². The third kappa shape index (κ3) is 11.1. The highest BCUT2D eigenvalue weighted by molar-refractivity contribution is 5.86. The van der Waals surface area contributed by atoms with Gasteiger partial charge in [0, 0.05) is 22.7 Å². The zero-order valence-electron chi connectivity index (χ0n) is 40.0. The van der Waals surface area contributed by atoms with Crippen LogP contribution in [0, 0.1) is 27.7 Å². The van der Waals surface area contributed by atoms with E-state index in [1.165, 1.54) is 83.9 Å². The largest absolute Gasteiger partial charge is 0.310 e. The van der Waals surface area contributed by atoms with Crippen LogP contribution in [0.5, 0.6) is 0 Å². The summed E-state index contributed by atoms with van der Waals surface area (Å²) < 4.78 is 0. The van der Waals surface area contributed by atoms with Gasteiger partial charge in [-0.3, -0.25) is 0 Å². The molecule has 67 heavy (non-hydrogen) atoms. The average Bonchev–Trinajstić information content (AvgIpc) is 3.36. The lowest BCUT2D eigenvalue weighted by atomic mass is 9.96. The number of nitrogens with zero attached hydrogens (tertiary/aromatic N) is 2. The predicted octanol–water partition coefficient (Wildman–Crippen LogP) is 18.2. The molecule has 0 aromatic heterocycles. The van der Waals surface area contributed by atoms with Gasteiger partial charge in [0.2, 0.25) is 0 Å². The number of anilines is 6. The van der Waals surface area contributed by atoms with Crippen LogP contribution >= 0.6 is 0 Å². The van der Waals surface area contributed by atoms with Crippen molar-refractivity contribution < 1.29 is 0 Å². The molecule has 0 amide bonds. The molecular formula is C65H62N2. The maximum absolute atomic E-state index is 2.47. The SMILES string of the molecule is CCc1cccc(C)c1N(c1ccc(C=CC=Cc2ccccc2)cc1)c1ccc(-c2ccc(N(c3ccc(CC=CC=Cc4ccccc4)cc3)c3c(C)cccc3CC)c(C)c2)cc1C. The van der Waals surface area contributed by atoms with Crippen molar-refractivity contribution in [3.8, 4) is 11.1 Å². The number of hydrogen-bond acceptors (Lipinski definition) is 2. The summed E-state index contributed by atoms with van der Waals surface area (Å²) in [5.74, 6) is 0. The number of benzene rings is 8. The van der Waals surface area contributed by atoms with Gasteiger partial charge in [-0.05, 0) is 162 Å². The first-order chi connectivity index (χ1) is 32.8. The van der Waals surface area contributed by atoms with Crippen LogP contribution in [-0.4, -0.2) is 0 Å². The number of para-hydroxylation sites is 2. The fraction of sp³-hybridized carbons (Fsp3) is 0.138.